The van der Waals surface area contributed by atoms with Crippen LogP contribution in [0.15, 0.2) is 51.0 Å². The van der Waals surface area contributed by atoms with Gasteiger partial charge >= 0.3 is 0 Å². The Balaban J connectivity index is 1.79. The monoisotopic (exact) mass is 400 g/mol. The number of fused-ring (bicyclic) bond motifs is 1. The predicted molar refractivity (Wildman–Crippen MR) is 104 cm³/mol. The predicted octanol–water partition coefficient (Wildman–Crippen LogP) is 4.13. The first-order chi connectivity index (χ1) is 13.1. The number of methoxy groups -OCH3 is 1. The number of pyridine rings is 1. The molecule has 4 aromatic rings. The standard InChI is InChI=1S/C19H13ClN2O4S/c1-25-18-16(24)7-12(8-23)26-17(18)15-9-27-19(22-15)14-4-2-10-6-11(20)3-5-13(10)21-14/h2-7,9,23H,8H2,1H3. The Labute approximate surface area is 162 Å². The van der Waals surface area contributed by atoms with Crippen molar-refractivity contribution in [2.45, 2.75) is 6.61 Å². The molecule has 8 heteroatoms. The van der Waals surface area contributed by atoms with Crippen molar-refractivity contribution >= 4 is 33.8 Å². The van der Waals surface area contributed by atoms with Crippen LogP contribution in [0.4, 0.5) is 0 Å². The number of aliphatic hydroxyl groups excluding tert-OH is 1. The molecule has 0 amide bonds. The molecule has 0 saturated heterocycles. The first-order valence-electron chi connectivity index (χ1n) is 7.93. The van der Waals surface area contributed by atoms with Crippen molar-refractivity contribution in [3.63, 3.8) is 0 Å². The van der Waals surface area contributed by atoms with Gasteiger partial charge in [-0.05, 0) is 24.3 Å². The number of hydrogen-bond donors (Lipinski definition) is 1. The van der Waals surface area contributed by atoms with Gasteiger partial charge in [-0.25, -0.2) is 9.97 Å². The van der Waals surface area contributed by atoms with Crippen molar-refractivity contribution in [2.24, 2.45) is 0 Å². The summed E-state index contributed by atoms with van der Waals surface area (Å²) in [7, 11) is 1.39. The third-order valence-electron chi connectivity index (χ3n) is 3.92. The van der Waals surface area contributed by atoms with E-state index < -0.39 is 6.61 Å². The van der Waals surface area contributed by atoms with E-state index in [1.54, 1.807) is 11.4 Å². The number of benzene rings is 1. The molecule has 4 rings (SSSR count). The van der Waals surface area contributed by atoms with Crippen LogP contribution in [0.25, 0.3) is 33.1 Å². The van der Waals surface area contributed by atoms with E-state index in [1.807, 2.05) is 24.3 Å². The van der Waals surface area contributed by atoms with Crippen LogP contribution in [-0.4, -0.2) is 22.2 Å². The lowest BCUT2D eigenvalue weighted by Crippen LogP contribution is -2.07. The number of ether oxygens (including phenoxy) is 1. The van der Waals surface area contributed by atoms with E-state index in [9.17, 15) is 9.90 Å². The van der Waals surface area contributed by atoms with Crippen LogP contribution >= 0.6 is 22.9 Å². The molecule has 0 atom stereocenters. The summed E-state index contributed by atoms with van der Waals surface area (Å²) in [5.41, 5.74) is 1.57. The van der Waals surface area contributed by atoms with E-state index >= 15 is 0 Å². The second-order valence-electron chi connectivity index (χ2n) is 5.67. The minimum atomic E-state index is -0.391. The third-order valence-corrected chi connectivity index (χ3v) is 5.02. The zero-order valence-electron chi connectivity index (χ0n) is 14.1. The van der Waals surface area contributed by atoms with Crippen molar-refractivity contribution in [3.8, 4) is 27.9 Å². The summed E-state index contributed by atoms with van der Waals surface area (Å²) in [6.07, 6.45) is 0. The van der Waals surface area contributed by atoms with Crippen LogP contribution in [0.5, 0.6) is 5.75 Å². The van der Waals surface area contributed by atoms with Crippen LogP contribution in [0.2, 0.25) is 5.02 Å². The van der Waals surface area contributed by atoms with Gasteiger partial charge in [-0.1, -0.05) is 17.7 Å². The zero-order valence-corrected chi connectivity index (χ0v) is 15.7. The summed E-state index contributed by atoms with van der Waals surface area (Å²) in [5, 5.41) is 13.3. The Morgan fingerprint density at radius 2 is 2.04 bits per heavy atom. The van der Waals surface area contributed by atoms with E-state index in [0.717, 1.165) is 10.9 Å². The van der Waals surface area contributed by atoms with E-state index in [4.69, 9.17) is 20.8 Å². The van der Waals surface area contributed by atoms with Gasteiger partial charge in [0.05, 0.1) is 18.3 Å². The highest BCUT2D eigenvalue weighted by atomic mass is 35.5. The number of halogens is 1. The normalized spacial score (nSPS) is 11.1. The highest BCUT2D eigenvalue weighted by molar-refractivity contribution is 7.13. The van der Waals surface area contributed by atoms with Gasteiger partial charge in [-0.2, -0.15) is 0 Å². The molecule has 6 nitrogen and oxygen atoms in total. The lowest BCUT2D eigenvalue weighted by molar-refractivity contribution is 0.243. The maximum atomic E-state index is 12.1. The first kappa shape index (κ1) is 17.7. The molecule has 0 aliphatic carbocycles. The Bertz CT molecular complexity index is 1200. The first-order valence-corrected chi connectivity index (χ1v) is 9.19. The molecule has 1 aromatic carbocycles. The van der Waals surface area contributed by atoms with Crippen LogP contribution in [0.1, 0.15) is 5.76 Å². The van der Waals surface area contributed by atoms with Crippen molar-refractivity contribution in [1.82, 2.24) is 9.97 Å². The summed E-state index contributed by atoms with van der Waals surface area (Å²) in [6.45, 7) is -0.391. The van der Waals surface area contributed by atoms with Gasteiger partial charge in [0.2, 0.25) is 11.2 Å². The minimum Gasteiger partial charge on any atom is -0.490 e. The summed E-state index contributed by atoms with van der Waals surface area (Å²) >= 11 is 7.38. The zero-order chi connectivity index (χ0) is 19.0. The molecule has 27 heavy (non-hydrogen) atoms. The smallest absolute Gasteiger partial charge is 0.227 e. The Kier molecular flexibility index (Phi) is 4.65. The number of thiazole rings is 1. The molecule has 3 aromatic heterocycles. The number of aliphatic hydroxyl groups is 1. The molecular formula is C19H13ClN2O4S. The molecule has 3 heterocycles. The van der Waals surface area contributed by atoms with Crippen molar-refractivity contribution in [3.05, 3.63) is 62.8 Å². The highest BCUT2D eigenvalue weighted by Crippen LogP contribution is 2.33. The molecule has 0 saturated carbocycles. The third kappa shape index (κ3) is 3.32. The average molecular weight is 401 g/mol. The summed E-state index contributed by atoms with van der Waals surface area (Å²) in [4.78, 5) is 21.3. The van der Waals surface area contributed by atoms with Gasteiger partial charge < -0.3 is 14.3 Å². The lowest BCUT2D eigenvalue weighted by Gasteiger charge is -2.06. The number of rotatable bonds is 4. The quantitative estimate of drug-likeness (QED) is 0.554. The van der Waals surface area contributed by atoms with E-state index in [-0.39, 0.29) is 22.7 Å². The van der Waals surface area contributed by atoms with Crippen LogP contribution < -0.4 is 10.2 Å². The van der Waals surface area contributed by atoms with Gasteiger partial charge in [0.25, 0.3) is 0 Å². The maximum Gasteiger partial charge on any atom is 0.227 e. The fourth-order valence-electron chi connectivity index (χ4n) is 2.68. The molecular weight excluding hydrogens is 388 g/mol. The summed E-state index contributed by atoms with van der Waals surface area (Å²) < 4.78 is 10.7. The SMILES string of the molecule is COc1c(-c2csc(-c3ccc4cc(Cl)ccc4n3)n2)oc(CO)cc1=O. The molecule has 136 valence electrons. The Hall–Kier alpha value is -2.74. The second-order valence-corrected chi connectivity index (χ2v) is 6.96. The molecule has 0 bridgehead atoms. The highest BCUT2D eigenvalue weighted by Gasteiger charge is 2.18. The topological polar surface area (TPSA) is 85.5 Å². The number of aromatic nitrogens is 2. The minimum absolute atomic E-state index is 0.0464. The van der Waals surface area contributed by atoms with Gasteiger partial charge in [0.1, 0.15) is 23.1 Å². The maximum absolute atomic E-state index is 12.1. The van der Waals surface area contributed by atoms with Gasteiger partial charge in [-0.15, -0.1) is 11.3 Å². The Morgan fingerprint density at radius 1 is 1.19 bits per heavy atom. The molecule has 0 aliphatic heterocycles. The molecule has 0 spiro atoms. The van der Waals surface area contributed by atoms with Crippen molar-refractivity contribution < 1.29 is 14.3 Å². The van der Waals surface area contributed by atoms with Crippen LogP contribution in [0, 0.1) is 0 Å². The number of nitrogens with zero attached hydrogens (tertiary/aromatic N) is 2. The van der Waals surface area contributed by atoms with Crippen LogP contribution in [-0.2, 0) is 6.61 Å². The van der Waals surface area contributed by atoms with Crippen molar-refractivity contribution in [1.29, 1.82) is 0 Å². The lowest BCUT2D eigenvalue weighted by atomic mass is 10.2. The van der Waals surface area contributed by atoms with Crippen molar-refractivity contribution in [2.75, 3.05) is 7.11 Å². The van der Waals surface area contributed by atoms with Gasteiger partial charge in [0, 0.05) is 21.9 Å². The average Bonchev–Trinajstić information content (AvgIpc) is 3.17. The van der Waals surface area contributed by atoms with E-state index in [0.29, 0.717) is 21.4 Å². The fraction of sp³-hybridized carbons (Fsp3) is 0.105. The van der Waals surface area contributed by atoms with Gasteiger partial charge in [0.15, 0.2) is 5.76 Å². The fourth-order valence-corrected chi connectivity index (χ4v) is 3.63. The van der Waals surface area contributed by atoms with E-state index in [1.165, 1.54) is 24.5 Å². The summed E-state index contributed by atoms with van der Waals surface area (Å²) in [6, 6.07) is 10.5. The second kappa shape index (κ2) is 7.11. The van der Waals surface area contributed by atoms with Crippen LogP contribution in [0.3, 0.4) is 0 Å². The van der Waals surface area contributed by atoms with Gasteiger partial charge in [-0.3, -0.25) is 4.79 Å². The Morgan fingerprint density at radius 3 is 2.81 bits per heavy atom. The molecule has 0 unspecified atom stereocenters. The molecule has 0 aliphatic rings. The molecule has 0 fully saturated rings. The number of hydrogen-bond acceptors (Lipinski definition) is 7. The molecule has 1 N–H and O–H groups in total. The van der Waals surface area contributed by atoms with E-state index in [2.05, 4.69) is 9.97 Å². The molecule has 0 radical (unpaired) electrons. The summed E-state index contributed by atoms with van der Waals surface area (Å²) in [5.74, 6) is 0.375. The largest absolute Gasteiger partial charge is 0.490 e.